The van der Waals surface area contributed by atoms with Gasteiger partial charge in [0.15, 0.2) is 0 Å². The molecule has 4 heteroatoms. The molecule has 0 saturated carbocycles. The van der Waals surface area contributed by atoms with Crippen LogP contribution in [0.3, 0.4) is 0 Å². The van der Waals surface area contributed by atoms with Crippen LogP contribution in [0, 0.1) is 0 Å². The Morgan fingerprint density at radius 3 is 2.62 bits per heavy atom. The Morgan fingerprint density at radius 2 is 2.00 bits per heavy atom. The van der Waals surface area contributed by atoms with Crippen LogP contribution in [0.25, 0.3) is 0 Å². The molecule has 0 unspecified atom stereocenters. The van der Waals surface area contributed by atoms with Crippen molar-refractivity contribution in [3.8, 4) is 0 Å². The van der Waals surface area contributed by atoms with Crippen molar-refractivity contribution in [2.45, 2.75) is 32.1 Å². The fourth-order valence-corrected chi connectivity index (χ4v) is 1.43. The molecule has 13 heavy (non-hydrogen) atoms. The van der Waals surface area contributed by atoms with Crippen LogP contribution in [0.15, 0.2) is 0 Å². The zero-order valence-corrected chi connectivity index (χ0v) is 7.79. The standard InChI is InChI=1S/C9H16N2O2/c12-8-4-5-9(13)10-11-6-2-1-3-7-11/h8H,1-7H2,(H,10,13). The van der Waals surface area contributed by atoms with E-state index in [4.69, 9.17) is 0 Å². The molecule has 1 N–H and O–H groups in total. The van der Waals surface area contributed by atoms with Gasteiger partial charge in [0.25, 0.3) is 0 Å². The molecule has 1 rings (SSSR count). The normalized spacial score (nSPS) is 18.2. The minimum atomic E-state index is -0.0472. The van der Waals surface area contributed by atoms with E-state index in [1.54, 1.807) is 0 Å². The first-order valence-electron chi connectivity index (χ1n) is 4.81. The fourth-order valence-electron chi connectivity index (χ4n) is 1.43. The van der Waals surface area contributed by atoms with Crippen molar-refractivity contribution in [1.82, 2.24) is 10.4 Å². The average molecular weight is 184 g/mol. The summed E-state index contributed by atoms with van der Waals surface area (Å²) in [6.45, 7) is 1.87. The lowest BCUT2D eigenvalue weighted by Gasteiger charge is -2.26. The Bertz CT molecular complexity index is 176. The Labute approximate surface area is 78.3 Å². The van der Waals surface area contributed by atoms with Gasteiger partial charge in [-0.1, -0.05) is 6.42 Å². The SMILES string of the molecule is O=CCCC(=O)NN1CCCCC1. The maximum atomic E-state index is 11.2. The summed E-state index contributed by atoms with van der Waals surface area (Å²) in [7, 11) is 0. The summed E-state index contributed by atoms with van der Waals surface area (Å²) in [4.78, 5) is 21.2. The van der Waals surface area contributed by atoms with Gasteiger partial charge in [0, 0.05) is 25.9 Å². The molecule has 0 radical (unpaired) electrons. The zero-order chi connectivity index (χ0) is 9.52. The van der Waals surface area contributed by atoms with E-state index < -0.39 is 0 Å². The number of nitrogens with zero attached hydrogens (tertiary/aromatic N) is 1. The molecule has 1 aliphatic heterocycles. The van der Waals surface area contributed by atoms with E-state index in [0.29, 0.717) is 12.8 Å². The molecular formula is C9H16N2O2. The van der Waals surface area contributed by atoms with Crippen LogP contribution in [-0.2, 0) is 9.59 Å². The lowest BCUT2D eigenvalue weighted by atomic mass is 10.2. The van der Waals surface area contributed by atoms with Crippen molar-refractivity contribution < 1.29 is 9.59 Å². The molecule has 0 aromatic heterocycles. The van der Waals surface area contributed by atoms with Crippen molar-refractivity contribution in [2.75, 3.05) is 13.1 Å². The number of hydrazine groups is 1. The summed E-state index contributed by atoms with van der Waals surface area (Å²) in [5.41, 5.74) is 2.79. The fraction of sp³-hybridized carbons (Fsp3) is 0.778. The largest absolute Gasteiger partial charge is 0.303 e. The van der Waals surface area contributed by atoms with Crippen LogP contribution in [0.2, 0.25) is 0 Å². The van der Waals surface area contributed by atoms with Gasteiger partial charge < -0.3 is 4.79 Å². The Balaban J connectivity index is 2.14. The van der Waals surface area contributed by atoms with Crippen LogP contribution in [0.4, 0.5) is 0 Å². The molecule has 1 fully saturated rings. The van der Waals surface area contributed by atoms with Crippen LogP contribution in [-0.4, -0.2) is 30.3 Å². The monoisotopic (exact) mass is 184 g/mol. The van der Waals surface area contributed by atoms with Crippen molar-refractivity contribution in [1.29, 1.82) is 0 Å². The molecule has 1 saturated heterocycles. The van der Waals surface area contributed by atoms with Gasteiger partial charge >= 0.3 is 0 Å². The second-order valence-electron chi connectivity index (χ2n) is 3.29. The third kappa shape index (κ3) is 4.03. The molecule has 1 aliphatic rings. The highest BCUT2D eigenvalue weighted by Crippen LogP contribution is 2.05. The van der Waals surface area contributed by atoms with Gasteiger partial charge in [-0.25, -0.2) is 5.01 Å². The minimum Gasteiger partial charge on any atom is -0.303 e. The molecule has 1 heterocycles. The van der Waals surface area contributed by atoms with Gasteiger partial charge in [-0.2, -0.15) is 0 Å². The van der Waals surface area contributed by atoms with Gasteiger partial charge in [0.2, 0.25) is 5.91 Å². The van der Waals surface area contributed by atoms with E-state index in [1.807, 2.05) is 5.01 Å². The highest BCUT2D eigenvalue weighted by molar-refractivity contribution is 5.77. The number of carbonyl (C=O) groups excluding carboxylic acids is 2. The number of amides is 1. The first kappa shape index (κ1) is 10.2. The van der Waals surface area contributed by atoms with E-state index in [-0.39, 0.29) is 5.91 Å². The molecule has 0 aliphatic carbocycles. The summed E-state index contributed by atoms with van der Waals surface area (Å²) in [6, 6.07) is 0. The average Bonchev–Trinajstić information content (AvgIpc) is 2.16. The third-order valence-electron chi connectivity index (χ3n) is 2.13. The Morgan fingerprint density at radius 1 is 1.31 bits per heavy atom. The van der Waals surface area contributed by atoms with Gasteiger partial charge in [0.1, 0.15) is 6.29 Å². The number of rotatable bonds is 4. The quantitative estimate of drug-likeness (QED) is 0.647. The second-order valence-corrected chi connectivity index (χ2v) is 3.29. The summed E-state index contributed by atoms with van der Waals surface area (Å²) in [5.74, 6) is -0.0472. The number of hydrogen-bond donors (Lipinski definition) is 1. The van der Waals surface area contributed by atoms with Crippen LogP contribution in [0.1, 0.15) is 32.1 Å². The predicted octanol–water partition coefficient (Wildman–Crippen LogP) is 0.483. The zero-order valence-electron chi connectivity index (χ0n) is 7.79. The molecule has 0 aromatic carbocycles. The molecule has 74 valence electrons. The summed E-state index contributed by atoms with van der Waals surface area (Å²) < 4.78 is 0. The van der Waals surface area contributed by atoms with Crippen molar-refractivity contribution >= 4 is 12.2 Å². The Hall–Kier alpha value is -0.900. The highest BCUT2D eigenvalue weighted by atomic mass is 16.2. The first-order valence-corrected chi connectivity index (χ1v) is 4.81. The van der Waals surface area contributed by atoms with Crippen LogP contribution < -0.4 is 5.43 Å². The van der Waals surface area contributed by atoms with Crippen LogP contribution in [0.5, 0.6) is 0 Å². The highest BCUT2D eigenvalue weighted by Gasteiger charge is 2.11. The molecular weight excluding hydrogens is 168 g/mol. The number of piperidine rings is 1. The van der Waals surface area contributed by atoms with E-state index in [9.17, 15) is 9.59 Å². The van der Waals surface area contributed by atoms with Crippen molar-refractivity contribution in [3.63, 3.8) is 0 Å². The van der Waals surface area contributed by atoms with E-state index in [0.717, 1.165) is 32.2 Å². The van der Waals surface area contributed by atoms with Crippen molar-refractivity contribution in [2.24, 2.45) is 0 Å². The lowest BCUT2D eigenvalue weighted by molar-refractivity contribution is -0.127. The third-order valence-corrected chi connectivity index (χ3v) is 2.13. The maximum Gasteiger partial charge on any atom is 0.234 e. The molecule has 1 amide bonds. The molecule has 0 spiro atoms. The molecule has 0 aromatic rings. The number of carbonyl (C=O) groups is 2. The predicted molar refractivity (Wildman–Crippen MR) is 48.9 cm³/mol. The smallest absolute Gasteiger partial charge is 0.234 e. The second kappa shape index (κ2) is 5.70. The summed E-state index contributed by atoms with van der Waals surface area (Å²) in [5, 5.41) is 1.94. The van der Waals surface area contributed by atoms with Gasteiger partial charge in [-0.05, 0) is 12.8 Å². The molecule has 0 bridgehead atoms. The van der Waals surface area contributed by atoms with E-state index in [1.165, 1.54) is 6.42 Å². The number of nitrogens with one attached hydrogen (secondary N) is 1. The van der Waals surface area contributed by atoms with Crippen LogP contribution >= 0.6 is 0 Å². The first-order chi connectivity index (χ1) is 6.33. The number of hydrogen-bond acceptors (Lipinski definition) is 3. The van der Waals surface area contributed by atoms with Crippen molar-refractivity contribution in [3.05, 3.63) is 0 Å². The van der Waals surface area contributed by atoms with E-state index >= 15 is 0 Å². The molecule has 4 nitrogen and oxygen atoms in total. The van der Waals surface area contributed by atoms with Gasteiger partial charge in [0.05, 0.1) is 0 Å². The summed E-state index contributed by atoms with van der Waals surface area (Å²) in [6.07, 6.45) is 4.94. The minimum absolute atomic E-state index is 0.0472. The van der Waals surface area contributed by atoms with E-state index in [2.05, 4.69) is 5.43 Å². The lowest BCUT2D eigenvalue weighted by Crippen LogP contribution is -2.44. The van der Waals surface area contributed by atoms with Gasteiger partial charge in [-0.3, -0.25) is 10.2 Å². The number of aldehydes is 1. The maximum absolute atomic E-state index is 11.2. The summed E-state index contributed by atoms with van der Waals surface area (Å²) >= 11 is 0. The Kier molecular flexibility index (Phi) is 4.46. The topological polar surface area (TPSA) is 49.4 Å². The van der Waals surface area contributed by atoms with Gasteiger partial charge in [-0.15, -0.1) is 0 Å². The molecule has 0 atom stereocenters.